The lowest BCUT2D eigenvalue weighted by Crippen LogP contribution is -2.41. The first-order chi connectivity index (χ1) is 8.25. The highest BCUT2D eigenvalue weighted by Crippen LogP contribution is 2.06. The summed E-state index contributed by atoms with van der Waals surface area (Å²) in [5.74, 6) is 0.0971. The highest BCUT2D eigenvalue weighted by atomic mass is 16.5. The van der Waals surface area contributed by atoms with Crippen LogP contribution in [0.15, 0.2) is 12.4 Å². The lowest BCUT2D eigenvalue weighted by atomic mass is 10.2. The molecule has 1 aliphatic heterocycles. The number of nitrogens with zero attached hydrogens (tertiary/aromatic N) is 2. The first-order valence-electron chi connectivity index (χ1n) is 5.79. The number of H-pyrrole nitrogens is 1. The Morgan fingerprint density at radius 2 is 2.59 bits per heavy atom. The van der Waals surface area contributed by atoms with E-state index in [0.29, 0.717) is 19.6 Å². The number of amides is 1. The molecule has 0 saturated carbocycles. The van der Waals surface area contributed by atoms with E-state index in [9.17, 15) is 4.79 Å². The fourth-order valence-corrected chi connectivity index (χ4v) is 1.83. The number of carbonyl (C=O) groups excluding carboxylic acids is 1. The molecule has 1 fully saturated rings. The van der Waals surface area contributed by atoms with Crippen molar-refractivity contribution in [1.29, 1.82) is 0 Å². The van der Waals surface area contributed by atoms with E-state index in [1.165, 1.54) is 0 Å². The van der Waals surface area contributed by atoms with Crippen molar-refractivity contribution in [2.75, 3.05) is 26.7 Å². The molecule has 0 aromatic carbocycles. The highest BCUT2D eigenvalue weighted by Gasteiger charge is 2.19. The standard InChI is InChI=1S/C11H18N4O2/c1-15(8-9-5-13-14-6-9)11(16)4-10-7-12-2-3-17-10/h5-6,10,12H,2-4,7-8H2,1H3,(H,13,14). The van der Waals surface area contributed by atoms with Crippen LogP contribution in [0.25, 0.3) is 0 Å². The molecule has 2 rings (SSSR count). The van der Waals surface area contributed by atoms with Gasteiger partial charge in [-0.25, -0.2) is 0 Å². The van der Waals surface area contributed by atoms with Crippen molar-refractivity contribution >= 4 is 5.91 Å². The van der Waals surface area contributed by atoms with E-state index in [0.717, 1.165) is 18.7 Å². The summed E-state index contributed by atoms with van der Waals surface area (Å²) >= 11 is 0. The molecular weight excluding hydrogens is 220 g/mol. The molecule has 1 saturated heterocycles. The number of aromatic amines is 1. The molecule has 1 amide bonds. The van der Waals surface area contributed by atoms with Crippen LogP contribution < -0.4 is 5.32 Å². The third-order valence-electron chi connectivity index (χ3n) is 2.81. The number of nitrogens with one attached hydrogen (secondary N) is 2. The van der Waals surface area contributed by atoms with Gasteiger partial charge >= 0.3 is 0 Å². The fraction of sp³-hybridized carbons (Fsp3) is 0.636. The third kappa shape index (κ3) is 3.54. The summed E-state index contributed by atoms with van der Waals surface area (Å²) in [4.78, 5) is 13.6. The Balaban J connectivity index is 1.78. The number of hydrogen-bond donors (Lipinski definition) is 2. The van der Waals surface area contributed by atoms with Crippen LogP contribution in [0.3, 0.4) is 0 Å². The van der Waals surface area contributed by atoms with Gasteiger partial charge in [-0.2, -0.15) is 5.10 Å². The van der Waals surface area contributed by atoms with Gasteiger partial charge < -0.3 is 15.0 Å². The minimum atomic E-state index is 0.00282. The van der Waals surface area contributed by atoms with Gasteiger partial charge in [0.25, 0.3) is 0 Å². The van der Waals surface area contributed by atoms with Gasteiger partial charge in [-0.3, -0.25) is 9.89 Å². The van der Waals surface area contributed by atoms with Crippen molar-refractivity contribution in [2.24, 2.45) is 0 Å². The SMILES string of the molecule is CN(Cc1cn[nH]c1)C(=O)CC1CNCCO1. The summed E-state index contributed by atoms with van der Waals surface area (Å²) in [6.07, 6.45) is 3.95. The van der Waals surface area contributed by atoms with E-state index in [1.807, 2.05) is 0 Å². The molecule has 0 bridgehead atoms. The van der Waals surface area contributed by atoms with Gasteiger partial charge in [0.15, 0.2) is 0 Å². The molecule has 0 aliphatic carbocycles. The number of ether oxygens (including phenoxy) is 1. The van der Waals surface area contributed by atoms with Gasteiger partial charge in [0.2, 0.25) is 5.91 Å². The third-order valence-corrected chi connectivity index (χ3v) is 2.81. The average molecular weight is 238 g/mol. The highest BCUT2D eigenvalue weighted by molar-refractivity contribution is 5.76. The van der Waals surface area contributed by atoms with E-state index in [4.69, 9.17) is 4.74 Å². The predicted molar refractivity (Wildman–Crippen MR) is 62.3 cm³/mol. The summed E-state index contributed by atoms with van der Waals surface area (Å²) in [5, 5.41) is 9.80. The van der Waals surface area contributed by atoms with E-state index in [1.54, 1.807) is 24.3 Å². The number of carbonyl (C=O) groups is 1. The molecule has 1 unspecified atom stereocenters. The molecule has 0 radical (unpaired) electrons. The minimum absolute atomic E-state index is 0.00282. The van der Waals surface area contributed by atoms with Crippen molar-refractivity contribution in [3.63, 3.8) is 0 Å². The lowest BCUT2D eigenvalue weighted by molar-refractivity contribution is -0.133. The largest absolute Gasteiger partial charge is 0.375 e. The molecule has 1 atom stereocenters. The van der Waals surface area contributed by atoms with Gasteiger partial charge in [-0.1, -0.05) is 0 Å². The molecule has 2 N–H and O–H groups in total. The zero-order chi connectivity index (χ0) is 12.1. The van der Waals surface area contributed by atoms with Crippen molar-refractivity contribution in [2.45, 2.75) is 19.1 Å². The number of aromatic nitrogens is 2. The molecule has 2 heterocycles. The summed E-state index contributed by atoms with van der Waals surface area (Å²) in [7, 11) is 1.80. The van der Waals surface area contributed by atoms with Crippen molar-refractivity contribution < 1.29 is 9.53 Å². The normalized spacial score (nSPS) is 20.2. The molecule has 17 heavy (non-hydrogen) atoms. The smallest absolute Gasteiger partial charge is 0.225 e. The molecular formula is C11H18N4O2. The van der Waals surface area contributed by atoms with Crippen LogP contribution in [-0.4, -0.2) is 53.9 Å². The fourth-order valence-electron chi connectivity index (χ4n) is 1.83. The lowest BCUT2D eigenvalue weighted by Gasteiger charge is -2.25. The second-order valence-electron chi connectivity index (χ2n) is 4.26. The molecule has 94 valence electrons. The summed E-state index contributed by atoms with van der Waals surface area (Å²) < 4.78 is 5.51. The maximum Gasteiger partial charge on any atom is 0.225 e. The van der Waals surface area contributed by atoms with Crippen LogP contribution in [0.1, 0.15) is 12.0 Å². The second-order valence-corrected chi connectivity index (χ2v) is 4.26. The first-order valence-corrected chi connectivity index (χ1v) is 5.79. The maximum absolute atomic E-state index is 11.9. The van der Waals surface area contributed by atoms with Crippen LogP contribution in [0.2, 0.25) is 0 Å². The molecule has 1 aromatic rings. The molecule has 0 spiro atoms. The molecule has 1 aromatic heterocycles. The van der Waals surface area contributed by atoms with Crippen molar-refractivity contribution in [3.8, 4) is 0 Å². The number of morpholine rings is 1. The summed E-state index contributed by atoms with van der Waals surface area (Å²) in [6, 6.07) is 0. The van der Waals surface area contributed by atoms with E-state index >= 15 is 0 Å². The Labute approximate surface area is 100 Å². The summed E-state index contributed by atoms with van der Waals surface area (Å²) in [5.41, 5.74) is 1.00. The Kier molecular flexibility index (Phi) is 4.11. The molecule has 6 nitrogen and oxygen atoms in total. The van der Waals surface area contributed by atoms with Gasteiger partial charge in [-0.05, 0) is 0 Å². The second kappa shape index (κ2) is 5.79. The monoisotopic (exact) mass is 238 g/mol. The quantitative estimate of drug-likeness (QED) is 0.758. The maximum atomic E-state index is 11.9. The van der Waals surface area contributed by atoms with Crippen molar-refractivity contribution in [3.05, 3.63) is 18.0 Å². The zero-order valence-corrected chi connectivity index (χ0v) is 9.98. The molecule has 1 aliphatic rings. The topological polar surface area (TPSA) is 70.2 Å². The Hall–Kier alpha value is -1.40. The average Bonchev–Trinajstić information content (AvgIpc) is 2.83. The minimum Gasteiger partial charge on any atom is -0.375 e. The Bertz CT molecular complexity index is 346. The van der Waals surface area contributed by atoms with Crippen LogP contribution in [0.5, 0.6) is 0 Å². The number of hydrogen-bond acceptors (Lipinski definition) is 4. The Morgan fingerprint density at radius 3 is 3.24 bits per heavy atom. The van der Waals surface area contributed by atoms with Crippen LogP contribution >= 0.6 is 0 Å². The van der Waals surface area contributed by atoms with E-state index < -0.39 is 0 Å². The first kappa shape index (κ1) is 12.1. The van der Waals surface area contributed by atoms with Gasteiger partial charge in [0.1, 0.15) is 0 Å². The van der Waals surface area contributed by atoms with Gasteiger partial charge in [-0.15, -0.1) is 0 Å². The van der Waals surface area contributed by atoms with Gasteiger partial charge in [0.05, 0.1) is 25.3 Å². The van der Waals surface area contributed by atoms with Gasteiger partial charge in [0, 0.05) is 38.4 Å². The van der Waals surface area contributed by atoms with Crippen LogP contribution in [-0.2, 0) is 16.1 Å². The van der Waals surface area contributed by atoms with E-state index in [-0.39, 0.29) is 12.0 Å². The van der Waals surface area contributed by atoms with Crippen molar-refractivity contribution in [1.82, 2.24) is 20.4 Å². The predicted octanol–water partition coefficient (Wildman–Crippen LogP) is -0.253. The van der Waals surface area contributed by atoms with Crippen LogP contribution in [0.4, 0.5) is 0 Å². The van der Waals surface area contributed by atoms with Crippen LogP contribution in [0, 0.1) is 0 Å². The molecule has 6 heteroatoms. The number of rotatable bonds is 4. The van der Waals surface area contributed by atoms with E-state index in [2.05, 4.69) is 15.5 Å². The summed E-state index contributed by atoms with van der Waals surface area (Å²) in [6.45, 7) is 2.89. The Morgan fingerprint density at radius 1 is 1.71 bits per heavy atom. The zero-order valence-electron chi connectivity index (χ0n) is 9.98.